The Hall–Kier alpha value is -1.32. The number of carbonyl (C=O) groups excluding carboxylic acids is 2. The van der Waals surface area contributed by atoms with Gasteiger partial charge in [0.25, 0.3) is 0 Å². The van der Waals surface area contributed by atoms with Crippen LogP contribution >= 0.6 is 12.2 Å². The lowest BCUT2D eigenvalue weighted by Gasteiger charge is -2.57. The van der Waals surface area contributed by atoms with Crippen molar-refractivity contribution in [1.82, 2.24) is 0 Å². The van der Waals surface area contributed by atoms with Crippen LogP contribution < -0.4 is 0 Å². The Labute approximate surface area is 179 Å². The van der Waals surface area contributed by atoms with Crippen molar-refractivity contribution in [2.24, 2.45) is 39.5 Å². The first kappa shape index (κ1) is 20.9. The standard InChI is InChI=1S/C24H33NO3S/c1-14(26)22-21(25-13-29)12-20-18-6-5-16-11-17(28-15(2)27)7-9-23(16,3)19(18)8-10-24(20,22)4/h5,17-22H,6-12H2,1-4H3/t17-,18-,19+,20+,21+,22+,23+,24+/m1/s1. The second-order valence-electron chi connectivity index (χ2n) is 10.4. The summed E-state index contributed by atoms with van der Waals surface area (Å²) in [4.78, 5) is 28.5. The van der Waals surface area contributed by atoms with Crippen molar-refractivity contribution in [2.45, 2.75) is 84.8 Å². The molecule has 4 rings (SSSR count). The van der Waals surface area contributed by atoms with Gasteiger partial charge in [0.2, 0.25) is 0 Å². The predicted octanol–water partition coefficient (Wildman–Crippen LogP) is 5.17. The molecule has 4 aliphatic rings. The van der Waals surface area contributed by atoms with Gasteiger partial charge in [0.15, 0.2) is 0 Å². The van der Waals surface area contributed by atoms with Crippen molar-refractivity contribution >= 4 is 29.1 Å². The summed E-state index contributed by atoms with van der Waals surface area (Å²) in [5, 5.41) is 2.57. The third-order valence-electron chi connectivity index (χ3n) is 9.08. The summed E-state index contributed by atoms with van der Waals surface area (Å²) in [6, 6.07) is -0.00312. The molecular weight excluding hydrogens is 382 g/mol. The van der Waals surface area contributed by atoms with E-state index in [9.17, 15) is 9.59 Å². The van der Waals surface area contributed by atoms with Crippen LogP contribution in [-0.4, -0.2) is 29.1 Å². The molecule has 0 heterocycles. The monoisotopic (exact) mass is 415 g/mol. The number of ketones is 1. The van der Waals surface area contributed by atoms with E-state index in [-0.39, 0.29) is 40.6 Å². The van der Waals surface area contributed by atoms with Gasteiger partial charge in [-0.15, -0.1) is 0 Å². The number of hydrogen-bond donors (Lipinski definition) is 0. The quantitative estimate of drug-likeness (QED) is 0.276. The maximum absolute atomic E-state index is 12.6. The minimum atomic E-state index is -0.173. The van der Waals surface area contributed by atoms with E-state index in [0.29, 0.717) is 17.8 Å². The molecule has 4 aliphatic carbocycles. The average molecular weight is 416 g/mol. The Morgan fingerprint density at radius 3 is 2.62 bits per heavy atom. The van der Waals surface area contributed by atoms with E-state index in [4.69, 9.17) is 17.0 Å². The Kier molecular flexibility index (Phi) is 5.36. The summed E-state index contributed by atoms with van der Waals surface area (Å²) in [5.41, 5.74) is 1.71. The van der Waals surface area contributed by atoms with Crippen LogP contribution in [0.3, 0.4) is 0 Å². The minimum Gasteiger partial charge on any atom is -0.462 e. The molecule has 0 aliphatic heterocycles. The number of nitrogens with zero attached hydrogens (tertiary/aromatic N) is 1. The highest BCUT2D eigenvalue weighted by atomic mass is 32.1. The molecule has 8 atom stereocenters. The van der Waals surface area contributed by atoms with Crippen LogP contribution in [-0.2, 0) is 14.3 Å². The number of Topliss-reactive ketones (excluding diaryl/α,β-unsaturated/α-hetero) is 1. The van der Waals surface area contributed by atoms with Crippen LogP contribution in [0.5, 0.6) is 0 Å². The highest BCUT2D eigenvalue weighted by Gasteiger charge is 2.62. The van der Waals surface area contributed by atoms with Gasteiger partial charge in [0, 0.05) is 19.3 Å². The number of esters is 1. The number of allylic oxidation sites excluding steroid dienone is 1. The fraction of sp³-hybridized carbons (Fsp3) is 0.792. The highest BCUT2D eigenvalue weighted by molar-refractivity contribution is 7.78. The summed E-state index contributed by atoms with van der Waals surface area (Å²) in [7, 11) is 0. The molecule has 158 valence electrons. The lowest BCUT2D eigenvalue weighted by Crippen LogP contribution is -2.51. The zero-order chi connectivity index (χ0) is 21.0. The number of isothiocyanates is 1. The van der Waals surface area contributed by atoms with E-state index in [1.807, 2.05) is 0 Å². The van der Waals surface area contributed by atoms with E-state index in [1.54, 1.807) is 6.92 Å². The predicted molar refractivity (Wildman–Crippen MR) is 116 cm³/mol. The summed E-state index contributed by atoms with van der Waals surface area (Å²) in [6.07, 6.45) is 9.68. The Morgan fingerprint density at radius 2 is 1.97 bits per heavy atom. The Morgan fingerprint density at radius 1 is 1.21 bits per heavy atom. The third kappa shape index (κ3) is 3.25. The Balaban J connectivity index is 1.63. The summed E-state index contributed by atoms with van der Waals surface area (Å²) in [6.45, 7) is 8.00. The van der Waals surface area contributed by atoms with Crippen LogP contribution in [0.15, 0.2) is 16.6 Å². The van der Waals surface area contributed by atoms with E-state index in [0.717, 1.165) is 38.5 Å². The molecule has 0 bridgehead atoms. The second-order valence-corrected chi connectivity index (χ2v) is 10.6. The molecule has 4 nitrogen and oxygen atoms in total. The summed E-state index contributed by atoms with van der Waals surface area (Å²) < 4.78 is 5.54. The Bertz CT molecular complexity index is 800. The van der Waals surface area contributed by atoms with Crippen LogP contribution in [0, 0.1) is 34.5 Å². The maximum Gasteiger partial charge on any atom is 0.302 e. The van der Waals surface area contributed by atoms with Gasteiger partial charge in [-0.2, -0.15) is 0 Å². The van der Waals surface area contributed by atoms with E-state index in [1.165, 1.54) is 18.9 Å². The van der Waals surface area contributed by atoms with Crippen LogP contribution in [0.4, 0.5) is 0 Å². The molecule has 0 unspecified atom stereocenters. The smallest absolute Gasteiger partial charge is 0.302 e. The summed E-state index contributed by atoms with van der Waals surface area (Å²) in [5.74, 6) is 1.80. The molecule has 0 amide bonds. The van der Waals surface area contributed by atoms with Crippen molar-refractivity contribution < 1.29 is 14.3 Å². The van der Waals surface area contributed by atoms with Crippen LogP contribution in [0.25, 0.3) is 0 Å². The minimum absolute atomic E-state index is 0.00312. The van der Waals surface area contributed by atoms with Crippen molar-refractivity contribution in [2.75, 3.05) is 0 Å². The normalized spacial score (nSPS) is 45.7. The van der Waals surface area contributed by atoms with Gasteiger partial charge in [-0.05, 0) is 86.3 Å². The molecule has 0 N–H and O–H groups in total. The molecule has 0 aromatic carbocycles. The van der Waals surface area contributed by atoms with Crippen LogP contribution in [0.2, 0.25) is 0 Å². The van der Waals surface area contributed by atoms with Crippen molar-refractivity contribution in [3.05, 3.63) is 11.6 Å². The van der Waals surface area contributed by atoms with Gasteiger partial charge in [0.1, 0.15) is 11.9 Å². The molecule has 5 heteroatoms. The number of ether oxygens (including phenoxy) is 1. The average Bonchev–Trinajstić information content (AvgIpc) is 2.94. The van der Waals surface area contributed by atoms with Gasteiger partial charge < -0.3 is 4.74 Å². The maximum atomic E-state index is 12.6. The second kappa shape index (κ2) is 7.42. The molecule has 0 radical (unpaired) electrons. The topological polar surface area (TPSA) is 55.7 Å². The fourth-order valence-electron chi connectivity index (χ4n) is 7.91. The molecule has 3 saturated carbocycles. The lowest BCUT2D eigenvalue weighted by molar-refractivity contribution is -0.149. The first-order valence-corrected chi connectivity index (χ1v) is 11.6. The molecular formula is C24H33NO3S. The largest absolute Gasteiger partial charge is 0.462 e. The fourth-order valence-corrected chi connectivity index (χ4v) is 8.04. The molecule has 0 aromatic rings. The number of carbonyl (C=O) groups is 2. The van der Waals surface area contributed by atoms with Crippen molar-refractivity contribution in [1.29, 1.82) is 0 Å². The number of fused-ring (bicyclic) bond motifs is 5. The molecule has 0 aromatic heterocycles. The van der Waals surface area contributed by atoms with Crippen molar-refractivity contribution in [3.63, 3.8) is 0 Å². The first-order valence-electron chi connectivity index (χ1n) is 11.1. The molecule has 0 spiro atoms. The highest BCUT2D eigenvalue weighted by Crippen LogP contribution is 2.66. The van der Waals surface area contributed by atoms with E-state index < -0.39 is 0 Å². The van der Waals surface area contributed by atoms with Gasteiger partial charge in [0.05, 0.1) is 11.2 Å². The van der Waals surface area contributed by atoms with Gasteiger partial charge in [-0.1, -0.05) is 25.5 Å². The number of thiocarbonyl (C=S) groups is 1. The number of aliphatic imine (C=N–C) groups is 1. The number of hydrogen-bond acceptors (Lipinski definition) is 5. The summed E-state index contributed by atoms with van der Waals surface area (Å²) >= 11 is 4.91. The van der Waals surface area contributed by atoms with E-state index in [2.05, 4.69) is 30.1 Å². The third-order valence-corrected chi connectivity index (χ3v) is 9.18. The van der Waals surface area contributed by atoms with Gasteiger partial charge in [-0.3, -0.25) is 9.59 Å². The van der Waals surface area contributed by atoms with Gasteiger partial charge in [-0.25, -0.2) is 4.99 Å². The zero-order valence-corrected chi connectivity index (χ0v) is 18.9. The van der Waals surface area contributed by atoms with E-state index >= 15 is 0 Å². The lowest BCUT2D eigenvalue weighted by atomic mass is 9.47. The molecule has 29 heavy (non-hydrogen) atoms. The first-order chi connectivity index (χ1) is 13.7. The van der Waals surface area contributed by atoms with Crippen molar-refractivity contribution in [3.8, 4) is 0 Å². The zero-order valence-electron chi connectivity index (χ0n) is 18.1. The van der Waals surface area contributed by atoms with Gasteiger partial charge >= 0.3 is 5.97 Å². The van der Waals surface area contributed by atoms with Crippen LogP contribution in [0.1, 0.15) is 72.6 Å². The number of rotatable bonds is 3. The molecule has 0 saturated heterocycles. The molecule has 3 fully saturated rings. The SMILES string of the molecule is CC(=O)O[C@@H]1CC[C@@]2(C)C(=CC[C@H]3[C@@H]4C[C@H](N=C=S)[C@H](C(C)=O)[C@@]4(C)CC[C@@H]32)C1.